The summed E-state index contributed by atoms with van der Waals surface area (Å²) >= 11 is 0. The second-order valence-corrected chi connectivity index (χ2v) is 7.98. The number of rotatable bonds is 7. The third-order valence-corrected chi connectivity index (χ3v) is 5.98. The van der Waals surface area contributed by atoms with Crippen LogP contribution in [0.25, 0.3) is 10.9 Å². The van der Waals surface area contributed by atoms with Crippen molar-refractivity contribution in [2.75, 3.05) is 19.7 Å². The van der Waals surface area contributed by atoms with E-state index in [0.29, 0.717) is 24.9 Å². The van der Waals surface area contributed by atoms with Gasteiger partial charge in [0.1, 0.15) is 6.61 Å². The number of hydrogen-bond acceptors (Lipinski definition) is 4. The third kappa shape index (κ3) is 4.17. The molecule has 1 saturated heterocycles. The topological polar surface area (TPSA) is 44.7 Å². The number of ether oxygens (including phenoxy) is 3. The van der Waals surface area contributed by atoms with Gasteiger partial charge in [0.25, 0.3) is 0 Å². The van der Waals surface area contributed by atoms with Crippen LogP contribution in [-0.4, -0.2) is 30.6 Å². The SMILES string of the molecule is C1=C(OCCn2cc(C3CCNCC3)c3ccccc32)OC(Cc2ccccc2)O1. The number of piperidine rings is 1. The zero-order chi connectivity index (χ0) is 20.2. The van der Waals surface area contributed by atoms with E-state index in [1.807, 2.05) is 18.2 Å². The number of fused-ring (bicyclic) bond motifs is 1. The Balaban J connectivity index is 1.19. The fraction of sp³-hybridized carbons (Fsp3) is 0.360. The maximum absolute atomic E-state index is 5.86. The molecule has 0 radical (unpaired) electrons. The van der Waals surface area contributed by atoms with Crippen molar-refractivity contribution < 1.29 is 14.2 Å². The van der Waals surface area contributed by atoms with Gasteiger partial charge in [0.15, 0.2) is 6.26 Å². The van der Waals surface area contributed by atoms with Crippen molar-refractivity contribution in [1.29, 1.82) is 0 Å². The van der Waals surface area contributed by atoms with Gasteiger partial charge in [-0.3, -0.25) is 0 Å². The molecule has 0 aliphatic carbocycles. The normalized spacial score (nSPS) is 19.3. The summed E-state index contributed by atoms with van der Waals surface area (Å²) in [5.74, 6) is 1.09. The molecule has 5 nitrogen and oxygen atoms in total. The number of para-hydroxylation sites is 1. The zero-order valence-corrected chi connectivity index (χ0v) is 17.1. The summed E-state index contributed by atoms with van der Waals surface area (Å²) in [7, 11) is 0. The van der Waals surface area contributed by atoms with E-state index in [2.05, 4.69) is 52.5 Å². The Kier molecular flexibility index (Phi) is 5.62. The first-order valence-electron chi connectivity index (χ1n) is 10.8. The van der Waals surface area contributed by atoms with Gasteiger partial charge in [0.05, 0.1) is 6.54 Å². The van der Waals surface area contributed by atoms with Crippen molar-refractivity contribution in [3.63, 3.8) is 0 Å². The largest absolute Gasteiger partial charge is 0.461 e. The van der Waals surface area contributed by atoms with Gasteiger partial charge in [0.2, 0.25) is 6.29 Å². The molecule has 0 spiro atoms. The second-order valence-electron chi connectivity index (χ2n) is 7.98. The molecule has 2 aliphatic rings. The number of nitrogens with zero attached hydrogens (tertiary/aromatic N) is 1. The lowest BCUT2D eigenvalue weighted by Crippen LogP contribution is -2.26. The predicted molar refractivity (Wildman–Crippen MR) is 117 cm³/mol. The molecular formula is C25H28N2O3. The minimum absolute atomic E-state index is 0.318. The van der Waals surface area contributed by atoms with Crippen LogP contribution < -0.4 is 5.32 Å². The lowest BCUT2D eigenvalue weighted by atomic mass is 9.90. The molecule has 0 saturated carbocycles. The Hall–Kier alpha value is -2.92. The van der Waals surface area contributed by atoms with E-state index in [1.165, 1.54) is 34.9 Å². The van der Waals surface area contributed by atoms with Crippen LogP contribution in [0.3, 0.4) is 0 Å². The molecule has 1 aromatic heterocycles. The Morgan fingerprint density at radius 1 is 1.00 bits per heavy atom. The molecule has 30 heavy (non-hydrogen) atoms. The molecule has 2 aromatic carbocycles. The molecule has 5 heteroatoms. The van der Waals surface area contributed by atoms with E-state index in [4.69, 9.17) is 14.2 Å². The van der Waals surface area contributed by atoms with Gasteiger partial charge in [0, 0.05) is 23.5 Å². The number of benzene rings is 2. The molecule has 156 valence electrons. The van der Waals surface area contributed by atoms with Crippen LogP contribution in [0.5, 0.6) is 0 Å². The van der Waals surface area contributed by atoms with Crippen LogP contribution >= 0.6 is 0 Å². The molecule has 1 fully saturated rings. The minimum Gasteiger partial charge on any atom is -0.461 e. The van der Waals surface area contributed by atoms with E-state index < -0.39 is 0 Å². The monoisotopic (exact) mass is 404 g/mol. The first kappa shape index (κ1) is 19.1. The maximum atomic E-state index is 5.86. The highest BCUT2D eigenvalue weighted by molar-refractivity contribution is 5.84. The Labute approximate surface area is 177 Å². The van der Waals surface area contributed by atoms with E-state index in [1.54, 1.807) is 6.26 Å². The summed E-state index contributed by atoms with van der Waals surface area (Å²) in [6.45, 7) is 3.51. The lowest BCUT2D eigenvalue weighted by Gasteiger charge is -2.22. The summed E-state index contributed by atoms with van der Waals surface area (Å²) in [5.41, 5.74) is 3.92. The van der Waals surface area contributed by atoms with Crippen molar-refractivity contribution in [2.45, 2.75) is 38.0 Å². The molecular weight excluding hydrogens is 376 g/mol. The van der Waals surface area contributed by atoms with Gasteiger partial charge in [-0.1, -0.05) is 48.5 Å². The predicted octanol–water partition coefficient (Wildman–Crippen LogP) is 4.54. The standard InChI is InChI=1S/C25H28N2O3/c1-2-6-19(7-3-1)16-24-29-18-25(30-24)28-15-14-27-17-22(20-10-12-26-13-11-20)21-8-4-5-9-23(21)27/h1-9,17-18,20,24,26H,10-16H2. The van der Waals surface area contributed by atoms with Crippen LogP contribution in [0, 0.1) is 0 Å². The van der Waals surface area contributed by atoms with Crippen molar-refractivity contribution in [3.05, 3.63) is 84.1 Å². The smallest absolute Gasteiger partial charge is 0.318 e. The summed E-state index contributed by atoms with van der Waals surface area (Å²) in [4.78, 5) is 0. The molecule has 2 aliphatic heterocycles. The Bertz CT molecular complexity index is 1010. The quantitative estimate of drug-likeness (QED) is 0.628. The first-order chi connectivity index (χ1) is 14.9. The van der Waals surface area contributed by atoms with Crippen molar-refractivity contribution >= 4 is 10.9 Å². The molecule has 1 atom stereocenters. The van der Waals surface area contributed by atoms with E-state index in [0.717, 1.165) is 19.6 Å². The molecule has 3 aromatic rings. The molecule has 0 bridgehead atoms. The van der Waals surface area contributed by atoms with Gasteiger partial charge in [-0.15, -0.1) is 0 Å². The molecule has 5 rings (SSSR count). The minimum atomic E-state index is -0.318. The van der Waals surface area contributed by atoms with Gasteiger partial charge in [-0.05, 0) is 49.0 Å². The highest BCUT2D eigenvalue weighted by Crippen LogP contribution is 2.33. The van der Waals surface area contributed by atoms with Crippen LogP contribution in [0.2, 0.25) is 0 Å². The van der Waals surface area contributed by atoms with Crippen LogP contribution in [0.15, 0.2) is 73.0 Å². The van der Waals surface area contributed by atoms with Crippen LogP contribution in [0.4, 0.5) is 0 Å². The van der Waals surface area contributed by atoms with Crippen LogP contribution in [0.1, 0.15) is 29.9 Å². The summed E-state index contributed by atoms with van der Waals surface area (Å²) < 4.78 is 19.6. The fourth-order valence-corrected chi connectivity index (χ4v) is 4.44. The average molecular weight is 405 g/mol. The maximum Gasteiger partial charge on any atom is 0.318 e. The first-order valence-corrected chi connectivity index (χ1v) is 10.8. The van der Waals surface area contributed by atoms with Crippen molar-refractivity contribution in [2.24, 2.45) is 0 Å². The third-order valence-electron chi connectivity index (χ3n) is 5.98. The van der Waals surface area contributed by atoms with Gasteiger partial charge < -0.3 is 24.1 Å². The van der Waals surface area contributed by atoms with Gasteiger partial charge in [-0.2, -0.15) is 0 Å². The molecule has 3 heterocycles. The average Bonchev–Trinajstić information content (AvgIpc) is 3.40. The fourth-order valence-electron chi connectivity index (χ4n) is 4.44. The number of nitrogens with one attached hydrogen (secondary N) is 1. The second kappa shape index (κ2) is 8.84. The van der Waals surface area contributed by atoms with Crippen LogP contribution in [-0.2, 0) is 27.2 Å². The van der Waals surface area contributed by atoms with E-state index >= 15 is 0 Å². The lowest BCUT2D eigenvalue weighted by molar-refractivity contribution is -0.0703. The number of hydrogen-bond donors (Lipinski definition) is 1. The molecule has 1 unspecified atom stereocenters. The Morgan fingerprint density at radius 2 is 1.80 bits per heavy atom. The van der Waals surface area contributed by atoms with Gasteiger partial charge in [-0.25, -0.2) is 0 Å². The van der Waals surface area contributed by atoms with Crippen molar-refractivity contribution in [3.8, 4) is 0 Å². The summed E-state index contributed by atoms with van der Waals surface area (Å²) in [6, 6.07) is 18.9. The molecule has 0 amide bonds. The Morgan fingerprint density at radius 3 is 2.67 bits per heavy atom. The van der Waals surface area contributed by atoms with Gasteiger partial charge >= 0.3 is 5.95 Å². The van der Waals surface area contributed by atoms with E-state index in [9.17, 15) is 0 Å². The zero-order valence-electron chi connectivity index (χ0n) is 17.1. The van der Waals surface area contributed by atoms with Crippen molar-refractivity contribution in [1.82, 2.24) is 9.88 Å². The molecule has 1 N–H and O–H groups in total. The summed E-state index contributed by atoms with van der Waals surface area (Å²) in [6.07, 6.45) is 6.69. The van der Waals surface area contributed by atoms with E-state index in [-0.39, 0.29) is 6.29 Å². The highest BCUT2D eigenvalue weighted by atomic mass is 16.8. The summed E-state index contributed by atoms with van der Waals surface area (Å²) in [5, 5.41) is 4.83. The highest BCUT2D eigenvalue weighted by Gasteiger charge is 2.22. The number of aromatic nitrogens is 1.